The third-order valence-electron chi connectivity index (χ3n) is 3.56. The Kier molecular flexibility index (Phi) is 4.76. The highest BCUT2D eigenvalue weighted by Gasteiger charge is 2.20. The second-order valence-corrected chi connectivity index (χ2v) is 4.99. The first-order valence-electron chi connectivity index (χ1n) is 6.53. The summed E-state index contributed by atoms with van der Waals surface area (Å²) >= 11 is 0. The lowest BCUT2D eigenvalue weighted by Gasteiger charge is -2.32. The van der Waals surface area contributed by atoms with Crippen LogP contribution in [0.4, 0.5) is 0 Å². The predicted molar refractivity (Wildman–Crippen MR) is 65.9 cm³/mol. The van der Waals surface area contributed by atoms with E-state index in [2.05, 4.69) is 17.3 Å². The molecule has 2 rings (SSSR count). The van der Waals surface area contributed by atoms with Gasteiger partial charge in [0.2, 0.25) is 5.91 Å². The minimum absolute atomic E-state index is 0.135. The van der Waals surface area contributed by atoms with Crippen molar-refractivity contribution in [2.75, 3.05) is 53.0 Å². The molecule has 1 N–H and O–H groups in total. The number of amides is 1. The van der Waals surface area contributed by atoms with Crippen LogP contribution in [-0.2, 0) is 9.53 Å². The van der Waals surface area contributed by atoms with Crippen molar-refractivity contribution in [3.8, 4) is 0 Å². The molecule has 5 nitrogen and oxygen atoms in total. The number of hydrogen-bond acceptors (Lipinski definition) is 4. The fraction of sp³-hybridized carbons (Fsp3) is 0.917. The quantitative estimate of drug-likeness (QED) is 0.723. The van der Waals surface area contributed by atoms with Crippen molar-refractivity contribution >= 4 is 5.91 Å². The summed E-state index contributed by atoms with van der Waals surface area (Å²) in [4.78, 5) is 16.0. The summed E-state index contributed by atoms with van der Waals surface area (Å²) in [6.45, 7) is 5.59. The number of piperazine rings is 1. The number of hydrogen-bond donors (Lipinski definition) is 1. The minimum Gasteiger partial charge on any atom is -0.370 e. The van der Waals surface area contributed by atoms with E-state index in [0.717, 1.165) is 32.7 Å². The Morgan fingerprint density at radius 1 is 1.35 bits per heavy atom. The Bertz CT molecular complexity index is 246. The first-order valence-corrected chi connectivity index (χ1v) is 6.53. The van der Waals surface area contributed by atoms with Crippen LogP contribution in [0.2, 0.25) is 0 Å². The molecular weight excluding hydrogens is 218 g/mol. The van der Waals surface area contributed by atoms with E-state index in [-0.39, 0.29) is 12.5 Å². The Hall–Kier alpha value is -0.650. The molecule has 0 aromatic carbocycles. The van der Waals surface area contributed by atoms with Gasteiger partial charge in [-0.2, -0.15) is 0 Å². The minimum atomic E-state index is 0.135. The van der Waals surface area contributed by atoms with Gasteiger partial charge >= 0.3 is 0 Å². The van der Waals surface area contributed by atoms with Gasteiger partial charge in [-0.05, 0) is 26.4 Å². The zero-order chi connectivity index (χ0) is 12.1. The van der Waals surface area contributed by atoms with Crippen LogP contribution >= 0.6 is 0 Å². The second kappa shape index (κ2) is 6.33. The van der Waals surface area contributed by atoms with Gasteiger partial charge in [-0.15, -0.1) is 0 Å². The molecule has 98 valence electrons. The van der Waals surface area contributed by atoms with Crippen molar-refractivity contribution in [1.82, 2.24) is 15.1 Å². The highest BCUT2D eigenvalue weighted by molar-refractivity contribution is 5.77. The van der Waals surface area contributed by atoms with Crippen molar-refractivity contribution in [2.45, 2.75) is 18.9 Å². The summed E-state index contributed by atoms with van der Waals surface area (Å²) < 4.78 is 5.49. The van der Waals surface area contributed by atoms with Crippen LogP contribution in [0.15, 0.2) is 0 Å². The SMILES string of the molecule is CN1CCN(C(=O)COCC2CCCN2)CC1. The van der Waals surface area contributed by atoms with Gasteiger partial charge in [0.05, 0.1) is 6.61 Å². The number of ether oxygens (including phenoxy) is 1. The topological polar surface area (TPSA) is 44.8 Å². The van der Waals surface area contributed by atoms with E-state index in [1.807, 2.05) is 4.90 Å². The number of carbonyl (C=O) groups is 1. The molecule has 0 spiro atoms. The second-order valence-electron chi connectivity index (χ2n) is 4.99. The molecule has 2 aliphatic heterocycles. The monoisotopic (exact) mass is 241 g/mol. The van der Waals surface area contributed by atoms with Gasteiger partial charge in [-0.25, -0.2) is 0 Å². The molecule has 17 heavy (non-hydrogen) atoms. The first-order chi connectivity index (χ1) is 8.25. The Labute approximate surface area is 103 Å². The van der Waals surface area contributed by atoms with Gasteiger partial charge in [0.15, 0.2) is 0 Å². The van der Waals surface area contributed by atoms with Crippen LogP contribution < -0.4 is 5.32 Å². The fourth-order valence-electron chi connectivity index (χ4n) is 2.33. The van der Waals surface area contributed by atoms with Crippen LogP contribution in [0.3, 0.4) is 0 Å². The summed E-state index contributed by atoms with van der Waals surface area (Å²) in [6.07, 6.45) is 2.39. The number of carbonyl (C=O) groups excluding carboxylic acids is 1. The highest BCUT2D eigenvalue weighted by atomic mass is 16.5. The van der Waals surface area contributed by atoms with Gasteiger partial charge in [0.1, 0.15) is 6.61 Å². The molecule has 0 radical (unpaired) electrons. The van der Waals surface area contributed by atoms with Gasteiger partial charge < -0.3 is 19.9 Å². The van der Waals surface area contributed by atoms with E-state index < -0.39 is 0 Å². The number of likely N-dealkylation sites (N-methyl/N-ethyl adjacent to an activating group) is 1. The summed E-state index contributed by atoms with van der Waals surface area (Å²) in [5.41, 5.74) is 0. The zero-order valence-corrected chi connectivity index (χ0v) is 10.7. The molecule has 0 aliphatic carbocycles. The Morgan fingerprint density at radius 2 is 2.12 bits per heavy atom. The zero-order valence-electron chi connectivity index (χ0n) is 10.7. The molecule has 0 bridgehead atoms. The maximum absolute atomic E-state index is 11.8. The highest BCUT2D eigenvalue weighted by Crippen LogP contribution is 2.05. The number of rotatable bonds is 4. The number of nitrogens with one attached hydrogen (secondary N) is 1. The molecule has 0 saturated carbocycles. The van der Waals surface area contributed by atoms with E-state index >= 15 is 0 Å². The lowest BCUT2D eigenvalue weighted by molar-refractivity contribution is -0.137. The van der Waals surface area contributed by atoms with E-state index in [1.165, 1.54) is 12.8 Å². The van der Waals surface area contributed by atoms with Crippen molar-refractivity contribution in [1.29, 1.82) is 0 Å². The summed E-state index contributed by atoms with van der Waals surface area (Å²) in [6, 6.07) is 0.454. The van der Waals surface area contributed by atoms with E-state index in [1.54, 1.807) is 0 Å². The van der Waals surface area contributed by atoms with Gasteiger partial charge in [0.25, 0.3) is 0 Å². The van der Waals surface area contributed by atoms with Crippen LogP contribution in [0.1, 0.15) is 12.8 Å². The van der Waals surface area contributed by atoms with E-state index in [0.29, 0.717) is 12.6 Å². The first kappa shape index (κ1) is 12.8. The number of nitrogens with zero attached hydrogens (tertiary/aromatic N) is 2. The maximum atomic E-state index is 11.8. The van der Waals surface area contributed by atoms with Gasteiger partial charge in [-0.3, -0.25) is 4.79 Å². The van der Waals surface area contributed by atoms with Crippen molar-refractivity contribution < 1.29 is 9.53 Å². The summed E-state index contributed by atoms with van der Waals surface area (Å²) in [7, 11) is 2.09. The van der Waals surface area contributed by atoms with Crippen molar-refractivity contribution in [3.05, 3.63) is 0 Å². The van der Waals surface area contributed by atoms with Crippen LogP contribution in [-0.4, -0.2) is 74.7 Å². The van der Waals surface area contributed by atoms with Crippen LogP contribution in [0.5, 0.6) is 0 Å². The predicted octanol–water partition coefficient (Wildman–Crippen LogP) is -0.471. The van der Waals surface area contributed by atoms with Crippen LogP contribution in [0.25, 0.3) is 0 Å². The Balaban J connectivity index is 1.60. The van der Waals surface area contributed by atoms with Crippen LogP contribution in [0, 0.1) is 0 Å². The summed E-state index contributed by atoms with van der Waals surface area (Å²) in [5, 5.41) is 3.36. The molecule has 0 aromatic heterocycles. The molecule has 1 unspecified atom stereocenters. The average molecular weight is 241 g/mol. The largest absolute Gasteiger partial charge is 0.370 e. The molecule has 2 aliphatic rings. The third-order valence-corrected chi connectivity index (χ3v) is 3.56. The molecule has 0 aromatic rings. The van der Waals surface area contributed by atoms with Gasteiger partial charge in [-0.1, -0.05) is 0 Å². The molecule has 1 atom stereocenters. The van der Waals surface area contributed by atoms with Gasteiger partial charge in [0, 0.05) is 32.2 Å². The maximum Gasteiger partial charge on any atom is 0.248 e. The average Bonchev–Trinajstić information content (AvgIpc) is 2.83. The molecular formula is C12H23N3O2. The van der Waals surface area contributed by atoms with E-state index in [4.69, 9.17) is 4.74 Å². The Morgan fingerprint density at radius 3 is 2.76 bits per heavy atom. The lowest BCUT2D eigenvalue weighted by Crippen LogP contribution is -2.48. The molecule has 1 amide bonds. The molecule has 2 heterocycles. The normalized spacial score (nSPS) is 26.4. The molecule has 5 heteroatoms. The fourth-order valence-corrected chi connectivity index (χ4v) is 2.33. The third kappa shape index (κ3) is 3.94. The van der Waals surface area contributed by atoms with E-state index in [9.17, 15) is 4.79 Å². The lowest BCUT2D eigenvalue weighted by atomic mass is 10.2. The summed E-state index contributed by atoms with van der Waals surface area (Å²) in [5.74, 6) is 0.135. The molecule has 2 saturated heterocycles. The smallest absolute Gasteiger partial charge is 0.248 e. The molecule has 2 fully saturated rings. The van der Waals surface area contributed by atoms with Crippen molar-refractivity contribution in [2.24, 2.45) is 0 Å². The standard InChI is InChI=1S/C12H23N3O2/c1-14-5-7-15(8-6-14)12(16)10-17-9-11-3-2-4-13-11/h11,13H,2-10H2,1H3. The van der Waals surface area contributed by atoms with Crippen molar-refractivity contribution in [3.63, 3.8) is 0 Å².